The molecule has 1 aromatic rings. The molecule has 1 amide bonds. The summed E-state index contributed by atoms with van der Waals surface area (Å²) in [7, 11) is 1.52. The van der Waals surface area contributed by atoms with Crippen molar-refractivity contribution in [3.8, 4) is 0 Å². The molecular weight excluding hydrogens is 366 g/mol. The van der Waals surface area contributed by atoms with E-state index in [4.69, 9.17) is 10.7 Å². The molecule has 0 saturated heterocycles. The van der Waals surface area contributed by atoms with E-state index in [1.54, 1.807) is 17.9 Å². The molecule has 0 aliphatic heterocycles. The fourth-order valence-electron chi connectivity index (χ4n) is 2.16. The Morgan fingerprint density at radius 2 is 2.05 bits per heavy atom. The van der Waals surface area contributed by atoms with E-state index >= 15 is 0 Å². The van der Waals surface area contributed by atoms with Crippen molar-refractivity contribution in [1.29, 1.82) is 0 Å². The zero-order chi connectivity index (χ0) is 15.1. The van der Waals surface area contributed by atoms with Crippen molar-refractivity contribution in [3.63, 3.8) is 0 Å². The summed E-state index contributed by atoms with van der Waals surface area (Å²) in [5.41, 5.74) is 1.03. The first-order valence-electron chi connectivity index (χ1n) is 6.31. The number of aryl methyl sites for hydroxylation is 1. The molecule has 1 fully saturated rings. The second-order valence-corrected chi connectivity index (χ2v) is 8.19. The summed E-state index contributed by atoms with van der Waals surface area (Å²) in [5.74, 6) is -0.146. The fourth-order valence-corrected chi connectivity index (χ4v) is 4.31. The summed E-state index contributed by atoms with van der Waals surface area (Å²) in [6.07, 6.45) is 2.02. The van der Waals surface area contributed by atoms with Crippen LogP contribution in [-0.4, -0.2) is 31.8 Å². The first kappa shape index (κ1) is 15.8. The average molecular weight is 381 g/mol. The molecule has 1 aliphatic carbocycles. The van der Waals surface area contributed by atoms with E-state index in [2.05, 4.69) is 15.9 Å². The van der Waals surface area contributed by atoms with Crippen molar-refractivity contribution >= 4 is 41.6 Å². The quantitative estimate of drug-likeness (QED) is 0.753. The number of rotatable bonds is 4. The molecule has 0 N–H and O–H groups in total. The third-order valence-corrected chi connectivity index (χ3v) is 5.98. The summed E-state index contributed by atoms with van der Waals surface area (Å²) in [4.78, 5) is 14.2. The first-order valence-corrected chi connectivity index (χ1v) is 9.41. The van der Waals surface area contributed by atoms with Gasteiger partial charge in [0.2, 0.25) is 0 Å². The van der Waals surface area contributed by atoms with Crippen molar-refractivity contribution in [1.82, 2.24) is 4.90 Å². The van der Waals surface area contributed by atoms with E-state index in [1.165, 1.54) is 6.07 Å². The molecule has 0 heterocycles. The van der Waals surface area contributed by atoms with E-state index in [0.717, 1.165) is 12.8 Å². The summed E-state index contributed by atoms with van der Waals surface area (Å²) in [6, 6.07) is 3.31. The van der Waals surface area contributed by atoms with Gasteiger partial charge in [0.25, 0.3) is 15.0 Å². The van der Waals surface area contributed by atoms with Crippen LogP contribution >= 0.6 is 26.6 Å². The predicted molar refractivity (Wildman–Crippen MR) is 81.7 cm³/mol. The van der Waals surface area contributed by atoms with Crippen LogP contribution < -0.4 is 0 Å². The molecule has 1 aromatic carbocycles. The van der Waals surface area contributed by atoms with Crippen LogP contribution in [0.25, 0.3) is 0 Å². The summed E-state index contributed by atoms with van der Waals surface area (Å²) < 4.78 is 23.6. The second kappa shape index (κ2) is 5.66. The van der Waals surface area contributed by atoms with Gasteiger partial charge < -0.3 is 4.90 Å². The highest BCUT2D eigenvalue weighted by atomic mass is 79.9. The topological polar surface area (TPSA) is 54.5 Å². The van der Waals surface area contributed by atoms with Crippen LogP contribution in [0, 0.1) is 6.92 Å². The standard InChI is InChI=1S/C13H15BrClNO3S/c1-3-16(10-4-5-10)13(17)9-6-8(2)12(14)11(7-9)20(15,18)19/h6-7,10H,3-5H2,1-2H3. The maximum Gasteiger partial charge on any atom is 0.262 e. The highest BCUT2D eigenvalue weighted by Crippen LogP contribution is 2.32. The Bertz CT molecular complexity index is 656. The van der Waals surface area contributed by atoms with Crippen LogP contribution in [0.3, 0.4) is 0 Å². The average Bonchev–Trinajstić information content (AvgIpc) is 3.16. The molecule has 4 nitrogen and oxygen atoms in total. The lowest BCUT2D eigenvalue weighted by molar-refractivity contribution is 0.0752. The Kier molecular flexibility index (Phi) is 4.47. The molecular formula is C13H15BrClNO3S. The van der Waals surface area contributed by atoms with E-state index in [1.807, 2.05) is 6.92 Å². The molecule has 0 spiro atoms. The van der Waals surface area contributed by atoms with Crippen molar-refractivity contribution in [2.24, 2.45) is 0 Å². The Labute approximate surface area is 131 Å². The first-order chi connectivity index (χ1) is 9.25. The van der Waals surface area contributed by atoms with Crippen LogP contribution in [0.15, 0.2) is 21.5 Å². The number of amides is 1. The lowest BCUT2D eigenvalue weighted by Gasteiger charge is -2.21. The molecule has 0 atom stereocenters. The van der Waals surface area contributed by atoms with Gasteiger partial charge in [0.05, 0.1) is 4.90 Å². The van der Waals surface area contributed by atoms with Gasteiger partial charge in [0.15, 0.2) is 0 Å². The molecule has 110 valence electrons. The molecule has 1 aliphatic rings. The lowest BCUT2D eigenvalue weighted by atomic mass is 10.1. The van der Waals surface area contributed by atoms with E-state index in [-0.39, 0.29) is 16.8 Å². The molecule has 2 rings (SSSR count). The Morgan fingerprint density at radius 1 is 1.45 bits per heavy atom. The maximum atomic E-state index is 12.5. The third-order valence-electron chi connectivity index (χ3n) is 3.32. The van der Waals surface area contributed by atoms with Crippen LogP contribution in [0.1, 0.15) is 35.7 Å². The molecule has 0 unspecified atom stereocenters. The Morgan fingerprint density at radius 3 is 2.50 bits per heavy atom. The number of hydrogen-bond donors (Lipinski definition) is 0. The monoisotopic (exact) mass is 379 g/mol. The van der Waals surface area contributed by atoms with E-state index < -0.39 is 9.05 Å². The van der Waals surface area contributed by atoms with Crippen molar-refractivity contribution in [3.05, 3.63) is 27.7 Å². The fraction of sp³-hybridized carbons (Fsp3) is 0.462. The van der Waals surface area contributed by atoms with E-state index in [9.17, 15) is 13.2 Å². The number of carbonyl (C=O) groups excluding carboxylic acids is 1. The van der Waals surface area contributed by atoms with Crippen LogP contribution in [0.5, 0.6) is 0 Å². The zero-order valence-corrected chi connectivity index (χ0v) is 14.3. The summed E-state index contributed by atoms with van der Waals surface area (Å²) >= 11 is 3.21. The maximum absolute atomic E-state index is 12.5. The Balaban J connectivity index is 2.47. The number of carbonyl (C=O) groups is 1. The highest BCUT2D eigenvalue weighted by Gasteiger charge is 2.32. The SMILES string of the molecule is CCN(C(=O)c1cc(C)c(Br)c(S(=O)(=O)Cl)c1)C1CC1. The van der Waals surface area contributed by atoms with E-state index in [0.29, 0.717) is 22.1 Å². The molecule has 20 heavy (non-hydrogen) atoms. The van der Waals surface area contributed by atoms with Gasteiger partial charge in [-0.15, -0.1) is 0 Å². The minimum Gasteiger partial charge on any atom is -0.336 e. The molecule has 7 heteroatoms. The number of halogens is 2. The zero-order valence-electron chi connectivity index (χ0n) is 11.2. The molecule has 0 radical (unpaired) electrons. The second-order valence-electron chi connectivity index (χ2n) is 4.87. The van der Waals surface area contributed by atoms with Gasteiger partial charge in [-0.1, -0.05) is 0 Å². The third kappa shape index (κ3) is 3.18. The minimum absolute atomic E-state index is 0.0608. The van der Waals surface area contributed by atoms with Gasteiger partial charge in [0, 0.05) is 33.3 Å². The Hall–Kier alpha value is -0.590. The van der Waals surface area contributed by atoms with Crippen molar-refractivity contribution in [2.75, 3.05) is 6.54 Å². The van der Waals surface area contributed by atoms with Crippen LogP contribution in [-0.2, 0) is 9.05 Å². The van der Waals surface area contributed by atoms with Gasteiger partial charge in [0.1, 0.15) is 0 Å². The summed E-state index contributed by atoms with van der Waals surface area (Å²) in [5, 5.41) is 0. The molecule has 0 bridgehead atoms. The van der Waals surface area contributed by atoms with Crippen molar-refractivity contribution < 1.29 is 13.2 Å². The smallest absolute Gasteiger partial charge is 0.262 e. The normalized spacial score (nSPS) is 15.2. The van der Waals surface area contributed by atoms with Gasteiger partial charge in [-0.25, -0.2) is 8.42 Å². The van der Waals surface area contributed by atoms with Gasteiger partial charge >= 0.3 is 0 Å². The molecule has 1 saturated carbocycles. The number of hydrogen-bond acceptors (Lipinski definition) is 3. The molecule has 0 aromatic heterocycles. The highest BCUT2D eigenvalue weighted by molar-refractivity contribution is 9.10. The lowest BCUT2D eigenvalue weighted by Crippen LogP contribution is -2.33. The van der Waals surface area contributed by atoms with Gasteiger partial charge in [-0.2, -0.15) is 0 Å². The number of benzene rings is 1. The van der Waals surface area contributed by atoms with Crippen LogP contribution in [0.4, 0.5) is 0 Å². The minimum atomic E-state index is -3.89. The largest absolute Gasteiger partial charge is 0.336 e. The predicted octanol–water partition coefficient (Wildman–Crippen LogP) is 3.31. The van der Waals surface area contributed by atoms with Crippen LogP contribution in [0.2, 0.25) is 0 Å². The van der Waals surface area contributed by atoms with Gasteiger partial charge in [-0.3, -0.25) is 4.79 Å². The van der Waals surface area contributed by atoms with Gasteiger partial charge in [-0.05, 0) is 60.3 Å². The van der Waals surface area contributed by atoms with Crippen molar-refractivity contribution in [2.45, 2.75) is 37.6 Å². The number of nitrogens with zero attached hydrogens (tertiary/aromatic N) is 1. The summed E-state index contributed by atoms with van der Waals surface area (Å²) in [6.45, 7) is 4.27.